The minimum Gasteiger partial charge on any atom is -0.478 e. The number of halogens is 3. The summed E-state index contributed by atoms with van der Waals surface area (Å²) < 4.78 is 37.0. The fraction of sp³-hybridized carbons (Fsp3) is 0.105. The van der Waals surface area contributed by atoms with E-state index in [2.05, 4.69) is 10.3 Å². The minimum atomic E-state index is -4.50. The number of aromatic nitrogens is 1. The highest BCUT2D eigenvalue weighted by Gasteiger charge is 2.26. The van der Waals surface area contributed by atoms with Gasteiger partial charge >= 0.3 is 12.3 Å². The Morgan fingerprint density at radius 2 is 1.79 bits per heavy atom. The van der Waals surface area contributed by atoms with Crippen LogP contribution in [0.25, 0.3) is 11.1 Å². The van der Waals surface area contributed by atoms with Gasteiger partial charge in [0.25, 0.3) is 5.91 Å². The number of nitrogens with zero attached hydrogens (tertiary/aromatic N) is 1. The van der Waals surface area contributed by atoms with Gasteiger partial charge < -0.3 is 10.4 Å². The molecule has 0 spiro atoms. The molecule has 6 nitrogen and oxygen atoms in total. The largest absolute Gasteiger partial charge is 0.482 e. The van der Waals surface area contributed by atoms with Crippen LogP contribution in [0.2, 0.25) is 0 Å². The monoisotopic (exact) mass is 421 g/mol. The van der Waals surface area contributed by atoms with Gasteiger partial charge in [-0.1, -0.05) is 12.1 Å². The molecule has 0 radical (unpaired) electrons. The fourth-order valence-electron chi connectivity index (χ4n) is 2.43. The number of rotatable bonds is 6. The van der Waals surface area contributed by atoms with Crippen LogP contribution in [0.1, 0.15) is 25.7 Å². The molecule has 3 aromatic rings. The van der Waals surface area contributed by atoms with Crippen molar-refractivity contribution in [2.24, 2.45) is 0 Å². The molecule has 3 N–H and O–H groups in total. The molecule has 0 saturated heterocycles. The number of hydrogen-bond donors (Lipinski definition) is 3. The SMILES string of the molecule is O=C(O)c1ccc(CNC(=O)c2cc(-c3ccc(NC(F)(F)F)cc3)cs2)nc1. The Bertz CT molecular complexity index is 1020. The van der Waals surface area contributed by atoms with Gasteiger partial charge in [0.05, 0.1) is 22.7 Å². The minimum absolute atomic E-state index is 0.0550. The summed E-state index contributed by atoms with van der Waals surface area (Å²) in [5, 5.41) is 14.7. The van der Waals surface area contributed by atoms with Crippen LogP contribution in [-0.2, 0) is 6.54 Å². The van der Waals surface area contributed by atoms with Gasteiger partial charge in [0, 0.05) is 11.9 Å². The Morgan fingerprint density at radius 3 is 2.38 bits per heavy atom. The number of alkyl halides is 3. The van der Waals surface area contributed by atoms with E-state index in [9.17, 15) is 22.8 Å². The van der Waals surface area contributed by atoms with Crippen molar-refractivity contribution in [3.05, 3.63) is 70.2 Å². The number of nitrogens with one attached hydrogen (secondary N) is 2. The van der Waals surface area contributed by atoms with E-state index in [0.717, 1.165) is 0 Å². The van der Waals surface area contributed by atoms with E-state index in [1.807, 2.05) is 0 Å². The average molecular weight is 421 g/mol. The Kier molecular flexibility index (Phi) is 5.83. The topological polar surface area (TPSA) is 91.3 Å². The summed E-state index contributed by atoms with van der Waals surface area (Å²) in [5.41, 5.74) is 1.88. The maximum absolute atomic E-state index is 12.3. The molecule has 0 bridgehead atoms. The number of benzene rings is 1. The zero-order valence-corrected chi connectivity index (χ0v) is 15.5. The summed E-state index contributed by atoms with van der Waals surface area (Å²) in [5.74, 6) is -1.41. The highest BCUT2D eigenvalue weighted by molar-refractivity contribution is 7.12. The molecule has 2 aromatic heterocycles. The molecule has 1 aromatic carbocycles. The van der Waals surface area contributed by atoms with E-state index in [1.54, 1.807) is 11.4 Å². The first kappa shape index (κ1) is 20.3. The van der Waals surface area contributed by atoms with Crippen molar-refractivity contribution in [3.63, 3.8) is 0 Å². The average Bonchev–Trinajstić information content (AvgIpc) is 3.16. The van der Waals surface area contributed by atoms with Gasteiger partial charge in [-0.25, -0.2) is 4.79 Å². The molecule has 0 aliphatic heterocycles. The number of carboxylic acids is 1. The number of thiophene rings is 1. The second kappa shape index (κ2) is 8.31. The van der Waals surface area contributed by atoms with Gasteiger partial charge in [-0.05, 0) is 46.8 Å². The van der Waals surface area contributed by atoms with Crippen LogP contribution in [-0.4, -0.2) is 28.3 Å². The number of carbonyl (C=O) groups is 2. The van der Waals surface area contributed by atoms with Gasteiger partial charge in [-0.15, -0.1) is 11.3 Å². The summed E-state index contributed by atoms with van der Waals surface area (Å²) in [6, 6.07) is 10.3. The molecular formula is C19H14F3N3O3S. The summed E-state index contributed by atoms with van der Waals surface area (Å²) in [4.78, 5) is 27.5. The highest BCUT2D eigenvalue weighted by Crippen LogP contribution is 2.28. The van der Waals surface area contributed by atoms with E-state index in [4.69, 9.17) is 5.11 Å². The van der Waals surface area contributed by atoms with E-state index in [0.29, 0.717) is 21.7 Å². The van der Waals surface area contributed by atoms with Crippen LogP contribution in [0.3, 0.4) is 0 Å². The highest BCUT2D eigenvalue weighted by atomic mass is 32.1. The normalized spacial score (nSPS) is 11.1. The van der Waals surface area contributed by atoms with Crippen LogP contribution in [0.15, 0.2) is 54.0 Å². The van der Waals surface area contributed by atoms with Crippen LogP contribution in [0.4, 0.5) is 18.9 Å². The molecular weight excluding hydrogens is 407 g/mol. The molecule has 0 aliphatic rings. The van der Waals surface area contributed by atoms with Gasteiger partial charge in [0.15, 0.2) is 0 Å². The Morgan fingerprint density at radius 1 is 1.07 bits per heavy atom. The van der Waals surface area contributed by atoms with Crippen molar-refractivity contribution in [3.8, 4) is 11.1 Å². The van der Waals surface area contributed by atoms with E-state index >= 15 is 0 Å². The lowest BCUT2D eigenvalue weighted by molar-refractivity contribution is -0.0999. The number of carboxylic acid groups (broad SMARTS) is 1. The standard InChI is InChI=1S/C19H14F3N3O3S/c20-19(21,22)25-14-4-1-11(2-5-14)13-7-16(29-10-13)17(26)24-9-15-6-3-12(8-23-15)18(27)28/h1-8,10,25H,9H2,(H,24,26)(H,27,28). The van der Waals surface area contributed by atoms with E-state index in [1.165, 1.54) is 59.2 Å². The number of hydrogen-bond acceptors (Lipinski definition) is 5. The lowest BCUT2D eigenvalue weighted by Crippen LogP contribution is -2.22. The van der Waals surface area contributed by atoms with Gasteiger partial charge in [0.1, 0.15) is 0 Å². The van der Waals surface area contributed by atoms with Crippen molar-refractivity contribution >= 4 is 28.9 Å². The van der Waals surface area contributed by atoms with Crippen molar-refractivity contribution < 1.29 is 27.9 Å². The lowest BCUT2D eigenvalue weighted by atomic mass is 10.1. The van der Waals surface area contributed by atoms with Crippen molar-refractivity contribution in [2.75, 3.05) is 5.32 Å². The molecule has 2 heterocycles. The summed E-state index contributed by atoms with van der Waals surface area (Å²) >= 11 is 1.20. The quantitative estimate of drug-likeness (QED) is 0.514. The van der Waals surface area contributed by atoms with Gasteiger partial charge in [-0.3, -0.25) is 15.1 Å². The predicted molar refractivity (Wildman–Crippen MR) is 102 cm³/mol. The fourth-order valence-corrected chi connectivity index (χ4v) is 3.26. The Balaban J connectivity index is 1.61. The number of pyridine rings is 1. The molecule has 0 unspecified atom stereocenters. The molecule has 1 amide bonds. The molecule has 0 fully saturated rings. The first-order valence-corrected chi connectivity index (χ1v) is 9.09. The third kappa shape index (κ3) is 5.55. The zero-order valence-electron chi connectivity index (χ0n) is 14.7. The van der Waals surface area contributed by atoms with Crippen LogP contribution >= 0.6 is 11.3 Å². The van der Waals surface area contributed by atoms with Crippen molar-refractivity contribution in [1.29, 1.82) is 0 Å². The van der Waals surface area contributed by atoms with Gasteiger partial charge in [0.2, 0.25) is 0 Å². The van der Waals surface area contributed by atoms with Crippen LogP contribution in [0, 0.1) is 0 Å². The van der Waals surface area contributed by atoms with Crippen molar-refractivity contribution in [2.45, 2.75) is 12.8 Å². The first-order chi connectivity index (χ1) is 13.7. The van der Waals surface area contributed by atoms with Crippen LogP contribution in [0.5, 0.6) is 0 Å². The molecule has 10 heteroatoms. The van der Waals surface area contributed by atoms with E-state index < -0.39 is 12.3 Å². The lowest BCUT2D eigenvalue weighted by Gasteiger charge is -2.09. The molecule has 150 valence electrons. The third-order valence-electron chi connectivity index (χ3n) is 3.83. The summed E-state index contributed by atoms with van der Waals surface area (Å²) in [7, 11) is 0. The van der Waals surface area contributed by atoms with Crippen LogP contribution < -0.4 is 10.6 Å². The molecule has 0 atom stereocenters. The smallest absolute Gasteiger partial charge is 0.478 e. The predicted octanol–water partition coefficient (Wildman–Crippen LogP) is 4.37. The molecule has 0 saturated carbocycles. The second-order valence-corrected chi connectivity index (χ2v) is 6.84. The van der Waals surface area contributed by atoms with Crippen molar-refractivity contribution in [1.82, 2.24) is 10.3 Å². The number of amides is 1. The zero-order chi connectivity index (χ0) is 21.0. The molecule has 0 aliphatic carbocycles. The van der Waals surface area contributed by atoms with E-state index in [-0.39, 0.29) is 23.7 Å². The Labute approximate surface area is 167 Å². The number of carbonyl (C=O) groups excluding carboxylic acids is 1. The third-order valence-corrected chi connectivity index (χ3v) is 4.76. The maximum Gasteiger partial charge on any atom is 0.482 e. The number of anilines is 1. The summed E-state index contributed by atoms with van der Waals surface area (Å²) in [6.45, 7) is 0.129. The Hall–Kier alpha value is -3.40. The molecule has 3 rings (SSSR count). The maximum atomic E-state index is 12.3. The number of aromatic carboxylic acids is 1. The van der Waals surface area contributed by atoms with Gasteiger partial charge in [-0.2, -0.15) is 13.2 Å². The summed E-state index contributed by atoms with van der Waals surface area (Å²) in [6.07, 6.45) is -3.29. The first-order valence-electron chi connectivity index (χ1n) is 8.21. The molecule has 29 heavy (non-hydrogen) atoms. The second-order valence-electron chi connectivity index (χ2n) is 5.93.